The zero-order chi connectivity index (χ0) is 12.3. The van der Waals surface area contributed by atoms with Crippen molar-refractivity contribution in [3.8, 4) is 0 Å². The van der Waals surface area contributed by atoms with E-state index in [9.17, 15) is 4.39 Å². The first-order chi connectivity index (χ1) is 8.19. The van der Waals surface area contributed by atoms with Crippen LogP contribution in [0.25, 0.3) is 5.65 Å². The van der Waals surface area contributed by atoms with Crippen LogP contribution < -0.4 is 5.32 Å². The van der Waals surface area contributed by atoms with E-state index in [1.807, 2.05) is 13.8 Å². The third-order valence-corrected chi connectivity index (χ3v) is 2.24. The average Bonchev–Trinajstić information content (AvgIpc) is 2.67. The number of fused-ring (bicyclic) bond motifs is 1. The number of rotatable bonds is 5. The number of hydrogen-bond donors (Lipinski definition) is 1. The van der Waals surface area contributed by atoms with Crippen LogP contribution in [0.1, 0.15) is 13.8 Å². The lowest BCUT2D eigenvalue weighted by atomic mass is 10.4. The maximum Gasteiger partial charge on any atom is 0.243 e. The van der Waals surface area contributed by atoms with Gasteiger partial charge in [0.2, 0.25) is 5.95 Å². The lowest BCUT2D eigenvalue weighted by molar-refractivity contribution is 0.141. The second-order valence-electron chi connectivity index (χ2n) is 3.79. The second-order valence-corrected chi connectivity index (χ2v) is 3.79. The van der Waals surface area contributed by atoms with E-state index in [-0.39, 0.29) is 11.9 Å². The van der Waals surface area contributed by atoms with Crippen LogP contribution in [0.5, 0.6) is 0 Å². The van der Waals surface area contributed by atoms with Crippen molar-refractivity contribution in [3.05, 3.63) is 24.1 Å². The van der Waals surface area contributed by atoms with Crippen LogP contribution >= 0.6 is 0 Å². The van der Waals surface area contributed by atoms with E-state index in [0.717, 1.165) is 0 Å². The quantitative estimate of drug-likeness (QED) is 0.861. The molecule has 0 aromatic carbocycles. The molecule has 1 atom stereocenters. The number of hydrogen-bond acceptors (Lipinski definition) is 4. The lowest BCUT2D eigenvalue weighted by Crippen LogP contribution is -2.22. The van der Waals surface area contributed by atoms with Crippen LogP contribution in [0.15, 0.2) is 18.3 Å². The monoisotopic (exact) mass is 238 g/mol. The average molecular weight is 238 g/mol. The minimum atomic E-state index is -0.337. The van der Waals surface area contributed by atoms with Gasteiger partial charge in [-0.3, -0.25) is 0 Å². The maximum atomic E-state index is 12.9. The van der Waals surface area contributed by atoms with Crippen molar-refractivity contribution < 1.29 is 9.13 Å². The Labute approximate surface area is 98.6 Å². The van der Waals surface area contributed by atoms with Gasteiger partial charge in [0.05, 0.1) is 12.8 Å². The van der Waals surface area contributed by atoms with Gasteiger partial charge >= 0.3 is 0 Å². The first kappa shape index (κ1) is 11.8. The van der Waals surface area contributed by atoms with Crippen LogP contribution in [-0.2, 0) is 4.74 Å². The van der Waals surface area contributed by atoms with Gasteiger partial charge in [-0.05, 0) is 26.0 Å². The molecule has 0 fully saturated rings. The van der Waals surface area contributed by atoms with Gasteiger partial charge < -0.3 is 10.1 Å². The molecule has 2 heterocycles. The number of aromatic nitrogens is 3. The largest absolute Gasteiger partial charge is 0.380 e. The Morgan fingerprint density at radius 3 is 3.12 bits per heavy atom. The van der Waals surface area contributed by atoms with E-state index in [1.54, 1.807) is 6.07 Å². The Balaban J connectivity index is 2.08. The van der Waals surface area contributed by atoms with Crippen molar-refractivity contribution in [3.63, 3.8) is 0 Å². The molecule has 0 bridgehead atoms. The van der Waals surface area contributed by atoms with Crippen LogP contribution in [0.4, 0.5) is 10.3 Å². The highest BCUT2D eigenvalue weighted by Gasteiger charge is 2.07. The fourth-order valence-electron chi connectivity index (χ4n) is 1.48. The number of halogens is 1. The van der Waals surface area contributed by atoms with Crippen LogP contribution in [0.3, 0.4) is 0 Å². The van der Waals surface area contributed by atoms with Crippen molar-refractivity contribution in [2.75, 3.05) is 18.5 Å². The molecule has 92 valence electrons. The number of anilines is 1. The normalized spacial score (nSPS) is 12.9. The molecule has 1 unspecified atom stereocenters. The van der Waals surface area contributed by atoms with E-state index >= 15 is 0 Å². The second kappa shape index (κ2) is 5.09. The molecule has 5 nitrogen and oxygen atoms in total. The van der Waals surface area contributed by atoms with Gasteiger partial charge in [-0.15, -0.1) is 5.10 Å². The zero-order valence-corrected chi connectivity index (χ0v) is 9.85. The molecule has 1 N–H and O–H groups in total. The summed E-state index contributed by atoms with van der Waals surface area (Å²) in [6, 6.07) is 3.05. The van der Waals surface area contributed by atoms with E-state index in [1.165, 1.54) is 16.8 Å². The zero-order valence-electron chi connectivity index (χ0n) is 9.85. The minimum Gasteiger partial charge on any atom is -0.380 e. The minimum absolute atomic E-state index is 0.109. The van der Waals surface area contributed by atoms with E-state index in [0.29, 0.717) is 24.8 Å². The van der Waals surface area contributed by atoms with Gasteiger partial charge in [0.25, 0.3) is 0 Å². The number of pyridine rings is 1. The summed E-state index contributed by atoms with van der Waals surface area (Å²) in [6.07, 6.45) is 1.29. The highest BCUT2D eigenvalue weighted by atomic mass is 19.1. The highest BCUT2D eigenvalue weighted by molar-refractivity contribution is 5.43. The predicted octanol–water partition coefficient (Wildman–Crippen LogP) is 1.71. The number of ether oxygens (including phenoxy) is 1. The Morgan fingerprint density at radius 2 is 2.35 bits per heavy atom. The summed E-state index contributed by atoms with van der Waals surface area (Å²) in [7, 11) is 0. The third-order valence-electron chi connectivity index (χ3n) is 2.24. The molecule has 2 aromatic rings. The van der Waals surface area contributed by atoms with Crippen molar-refractivity contribution >= 4 is 11.6 Å². The summed E-state index contributed by atoms with van der Waals surface area (Å²) in [6.45, 7) is 5.18. The standard InChI is InChI=1S/C11H15FN4O/c1-3-17-7-8(2)13-11-14-10-5-4-9(12)6-16(10)15-11/h4-6,8H,3,7H2,1-2H3,(H,13,15). The Kier molecular flexibility index (Phi) is 3.53. The summed E-state index contributed by atoms with van der Waals surface area (Å²) in [5, 5.41) is 7.22. The molecule has 0 aliphatic carbocycles. The topological polar surface area (TPSA) is 51.5 Å². The van der Waals surface area contributed by atoms with Gasteiger partial charge in [0.1, 0.15) is 5.82 Å². The molecule has 0 saturated carbocycles. The van der Waals surface area contributed by atoms with Gasteiger partial charge in [-0.25, -0.2) is 8.91 Å². The summed E-state index contributed by atoms with van der Waals surface area (Å²) < 4.78 is 19.6. The van der Waals surface area contributed by atoms with E-state index < -0.39 is 0 Å². The summed E-state index contributed by atoms with van der Waals surface area (Å²) >= 11 is 0. The summed E-state index contributed by atoms with van der Waals surface area (Å²) in [5.74, 6) is 0.138. The van der Waals surface area contributed by atoms with Crippen molar-refractivity contribution in [1.82, 2.24) is 14.6 Å². The van der Waals surface area contributed by atoms with Gasteiger partial charge in [-0.1, -0.05) is 0 Å². The number of nitrogens with zero attached hydrogens (tertiary/aromatic N) is 3. The highest BCUT2D eigenvalue weighted by Crippen LogP contribution is 2.07. The van der Waals surface area contributed by atoms with Crippen LogP contribution in [0, 0.1) is 5.82 Å². The number of nitrogens with one attached hydrogen (secondary N) is 1. The van der Waals surface area contributed by atoms with Crippen LogP contribution in [-0.4, -0.2) is 33.9 Å². The SMILES string of the molecule is CCOCC(C)Nc1nc2ccc(F)cn2n1. The third kappa shape index (κ3) is 2.91. The predicted molar refractivity (Wildman–Crippen MR) is 62.5 cm³/mol. The first-order valence-corrected chi connectivity index (χ1v) is 5.55. The molecule has 2 aromatic heterocycles. The molecular weight excluding hydrogens is 223 g/mol. The molecule has 17 heavy (non-hydrogen) atoms. The van der Waals surface area contributed by atoms with Gasteiger partial charge in [0, 0.05) is 12.6 Å². The molecular formula is C11H15FN4O. The lowest BCUT2D eigenvalue weighted by Gasteiger charge is -2.11. The van der Waals surface area contributed by atoms with Crippen molar-refractivity contribution in [1.29, 1.82) is 0 Å². The maximum absolute atomic E-state index is 12.9. The molecule has 0 amide bonds. The molecule has 0 aliphatic heterocycles. The fraction of sp³-hybridized carbons (Fsp3) is 0.455. The van der Waals surface area contributed by atoms with Crippen molar-refractivity contribution in [2.45, 2.75) is 19.9 Å². The summed E-state index contributed by atoms with van der Waals surface area (Å²) in [4.78, 5) is 4.22. The van der Waals surface area contributed by atoms with Gasteiger partial charge in [0.15, 0.2) is 5.65 Å². The van der Waals surface area contributed by atoms with E-state index in [2.05, 4.69) is 15.4 Å². The molecule has 0 saturated heterocycles. The summed E-state index contributed by atoms with van der Waals surface area (Å²) in [5.41, 5.74) is 0.609. The molecule has 6 heteroatoms. The molecule has 0 spiro atoms. The smallest absolute Gasteiger partial charge is 0.243 e. The Bertz CT molecular complexity index is 499. The Hall–Kier alpha value is -1.69. The molecule has 0 aliphatic rings. The molecule has 2 rings (SSSR count). The van der Waals surface area contributed by atoms with Crippen molar-refractivity contribution in [2.24, 2.45) is 0 Å². The fourth-order valence-corrected chi connectivity index (χ4v) is 1.48. The van der Waals surface area contributed by atoms with E-state index in [4.69, 9.17) is 4.74 Å². The first-order valence-electron chi connectivity index (χ1n) is 5.55. The van der Waals surface area contributed by atoms with Gasteiger partial charge in [-0.2, -0.15) is 4.98 Å². The molecule has 0 radical (unpaired) electrons. The Morgan fingerprint density at radius 1 is 1.53 bits per heavy atom. The van der Waals surface area contributed by atoms with Crippen LogP contribution in [0.2, 0.25) is 0 Å².